The third kappa shape index (κ3) is 4.49. The van der Waals surface area contributed by atoms with Crippen LogP contribution < -0.4 is 5.56 Å². The standard InChI is InChI=1S/C27H23N5O2/c1-18-11-13-20(14-12-18)23-15-24(31-30-23)27(34)32(16-19-7-3-2-4-8-19)17-25-28-22-10-6-5-9-21(22)26(33)29-25/h2-15H,16-17H2,1H3,(H,30,31)(H,28,29,33). The minimum atomic E-state index is -0.231. The summed E-state index contributed by atoms with van der Waals surface area (Å²) in [5.74, 6) is 0.191. The van der Waals surface area contributed by atoms with Crippen molar-refractivity contribution in [3.63, 3.8) is 0 Å². The lowest BCUT2D eigenvalue weighted by Crippen LogP contribution is -2.32. The quantitative estimate of drug-likeness (QED) is 0.400. The van der Waals surface area contributed by atoms with Crippen LogP contribution in [0.4, 0.5) is 0 Å². The molecule has 3 aromatic carbocycles. The van der Waals surface area contributed by atoms with Crippen LogP contribution in [-0.2, 0) is 13.1 Å². The molecule has 0 atom stereocenters. The molecule has 34 heavy (non-hydrogen) atoms. The van der Waals surface area contributed by atoms with E-state index in [0.29, 0.717) is 34.7 Å². The average Bonchev–Trinajstić information content (AvgIpc) is 3.35. The third-order valence-electron chi connectivity index (χ3n) is 5.66. The van der Waals surface area contributed by atoms with Gasteiger partial charge in [0, 0.05) is 12.1 Å². The highest BCUT2D eigenvalue weighted by Crippen LogP contribution is 2.20. The summed E-state index contributed by atoms with van der Waals surface area (Å²) in [5.41, 5.74) is 4.48. The number of H-pyrrole nitrogens is 2. The highest BCUT2D eigenvalue weighted by Gasteiger charge is 2.21. The van der Waals surface area contributed by atoms with Gasteiger partial charge in [-0.1, -0.05) is 72.3 Å². The summed E-state index contributed by atoms with van der Waals surface area (Å²) in [5, 5.41) is 7.74. The van der Waals surface area contributed by atoms with Gasteiger partial charge < -0.3 is 9.88 Å². The van der Waals surface area contributed by atoms with Gasteiger partial charge in [-0.25, -0.2) is 4.98 Å². The first-order valence-corrected chi connectivity index (χ1v) is 11.0. The topological polar surface area (TPSA) is 94.7 Å². The van der Waals surface area contributed by atoms with Crippen LogP contribution in [0.15, 0.2) is 89.7 Å². The molecule has 7 heteroatoms. The monoisotopic (exact) mass is 449 g/mol. The molecule has 0 aliphatic heterocycles. The summed E-state index contributed by atoms with van der Waals surface area (Å²) >= 11 is 0. The van der Waals surface area contributed by atoms with Crippen molar-refractivity contribution in [1.82, 2.24) is 25.1 Å². The van der Waals surface area contributed by atoms with Crippen molar-refractivity contribution in [2.24, 2.45) is 0 Å². The van der Waals surface area contributed by atoms with Gasteiger partial charge in [0.2, 0.25) is 0 Å². The largest absolute Gasteiger partial charge is 0.326 e. The minimum Gasteiger partial charge on any atom is -0.326 e. The van der Waals surface area contributed by atoms with E-state index in [2.05, 4.69) is 20.2 Å². The van der Waals surface area contributed by atoms with Gasteiger partial charge in [-0.3, -0.25) is 14.7 Å². The molecule has 0 spiro atoms. The number of aromatic nitrogens is 4. The summed E-state index contributed by atoms with van der Waals surface area (Å²) in [7, 11) is 0. The number of rotatable bonds is 6. The fourth-order valence-corrected chi connectivity index (χ4v) is 3.87. The number of nitrogens with one attached hydrogen (secondary N) is 2. The van der Waals surface area contributed by atoms with Crippen LogP contribution in [0.3, 0.4) is 0 Å². The van der Waals surface area contributed by atoms with Gasteiger partial charge >= 0.3 is 0 Å². The van der Waals surface area contributed by atoms with Crippen LogP contribution in [-0.4, -0.2) is 31.0 Å². The maximum atomic E-state index is 13.5. The third-order valence-corrected chi connectivity index (χ3v) is 5.66. The van der Waals surface area contributed by atoms with Crippen LogP contribution in [0.5, 0.6) is 0 Å². The molecule has 5 rings (SSSR count). The van der Waals surface area contributed by atoms with Crippen molar-refractivity contribution in [1.29, 1.82) is 0 Å². The van der Waals surface area contributed by atoms with Gasteiger partial charge in [-0.2, -0.15) is 5.10 Å². The van der Waals surface area contributed by atoms with E-state index < -0.39 is 0 Å². The highest BCUT2D eigenvalue weighted by atomic mass is 16.2. The van der Waals surface area contributed by atoms with E-state index >= 15 is 0 Å². The van der Waals surface area contributed by atoms with Crippen molar-refractivity contribution < 1.29 is 4.79 Å². The van der Waals surface area contributed by atoms with Gasteiger partial charge in [0.05, 0.1) is 23.1 Å². The van der Waals surface area contributed by atoms with Gasteiger partial charge in [-0.05, 0) is 30.7 Å². The molecule has 168 valence electrons. The lowest BCUT2D eigenvalue weighted by molar-refractivity contribution is 0.0719. The van der Waals surface area contributed by atoms with Crippen LogP contribution in [0.2, 0.25) is 0 Å². The molecule has 5 aromatic rings. The molecular formula is C27H23N5O2. The van der Waals surface area contributed by atoms with Crippen molar-refractivity contribution in [3.05, 3.63) is 118 Å². The fraction of sp³-hybridized carbons (Fsp3) is 0.111. The van der Waals surface area contributed by atoms with E-state index in [1.54, 1.807) is 29.2 Å². The molecule has 0 aliphatic carbocycles. The van der Waals surface area contributed by atoms with Crippen molar-refractivity contribution >= 4 is 16.8 Å². The zero-order chi connectivity index (χ0) is 23.5. The SMILES string of the molecule is Cc1ccc(-c2cc(C(=O)N(Cc3ccccc3)Cc3nc4ccccc4c(=O)[nH]3)[nH]n2)cc1. The van der Waals surface area contributed by atoms with Crippen molar-refractivity contribution in [2.45, 2.75) is 20.0 Å². The summed E-state index contributed by atoms with van der Waals surface area (Å²) < 4.78 is 0. The summed E-state index contributed by atoms with van der Waals surface area (Å²) in [6.07, 6.45) is 0. The Bertz CT molecular complexity index is 1500. The highest BCUT2D eigenvalue weighted by molar-refractivity contribution is 5.93. The predicted molar refractivity (Wildman–Crippen MR) is 131 cm³/mol. The number of para-hydroxylation sites is 1. The number of benzene rings is 3. The molecule has 0 saturated heterocycles. The van der Waals surface area contributed by atoms with Gasteiger partial charge in [0.25, 0.3) is 11.5 Å². The number of aromatic amines is 2. The molecule has 2 N–H and O–H groups in total. The zero-order valence-corrected chi connectivity index (χ0v) is 18.7. The molecule has 0 radical (unpaired) electrons. The maximum Gasteiger partial charge on any atom is 0.272 e. The molecule has 2 heterocycles. The second-order valence-electron chi connectivity index (χ2n) is 8.21. The van der Waals surface area contributed by atoms with E-state index in [4.69, 9.17) is 0 Å². The van der Waals surface area contributed by atoms with Crippen LogP contribution >= 0.6 is 0 Å². The first kappa shape index (κ1) is 21.3. The Balaban J connectivity index is 1.47. The molecule has 2 aromatic heterocycles. The molecule has 0 fully saturated rings. The first-order chi connectivity index (χ1) is 16.6. The van der Waals surface area contributed by atoms with E-state index in [9.17, 15) is 9.59 Å². The maximum absolute atomic E-state index is 13.5. The number of fused-ring (bicyclic) bond motifs is 1. The predicted octanol–water partition coefficient (Wildman–Crippen LogP) is 4.46. The Morgan fingerprint density at radius 2 is 1.65 bits per heavy atom. The minimum absolute atomic E-state index is 0.146. The summed E-state index contributed by atoms with van der Waals surface area (Å²) in [6, 6.07) is 26.6. The van der Waals surface area contributed by atoms with E-state index in [1.165, 1.54) is 0 Å². The molecular weight excluding hydrogens is 426 g/mol. The lowest BCUT2D eigenvalue weighted by Gasteiger charge is -2.22. The van der Waals surface area contributed by atoms with Crippen molar-refractivity contribution in [2.75, 3.05) is 0 Å². The number of hydrogen-bond donors (Lipinski definition) is 2. The van der Waals surface area contributed by atoms with Crippen LogP contribution in [0.25, 0.3) is 22.2 Å². The first-order valence-electron chi connectivity index (χ1n) is 11.0. The Labute approximate surface area is 196 Å². The molecule has 0 aliphatic rings. The smallest absolute Gasteiger partial charge is 0.272 e. The van der Waals surface area contributed by atoms with Gasteiger partial charge in [-0.15, -0.1) is 0 Å². The Morgan fingerprint density at radius 3 is 2.44 bits per heavy atom. The van der Waals surface area contributed by atoms with E-state index in [0.717, 1.165) is 16.7 Å². The van der Waals surface area contributed by atoms with Gasteiger partial charge in [0.15, 0.2) is 0 Å². The number of carbonyl (C=O) groups excluding carboxylic acids is 1. The Hall–Kier alpha value is -4.52. The molecule has 1 amide bonds. The number of hydrogen-bond acceptors (Lipinski definition) is 4. The molecule has 0 saturated carbocycles. The number of amides is 1. The molecule has 0 unspecified atom stereocenters. The number of carbonyl (C=O) groups is 1. The fourth-order valence-electron chi connectivity index (χ4n) is 3.87. The summed E-state index contributed by atoms with van der Waals surface area (Å²) in [6.45, 7) is 2.53. The van der Waals surface area contributed by atoms with E-state index in [1.807, 2.05) is 67.6 Å². The summed E-state index contributed by atoms with van der Waals surface area (Å²) in [4.78, 5) is 35.1. The molecule has 7 nitrogen and oxygen atoms in total. The second-order valence-corrected chi connectivity index (χ2v) is 8.21. The second kappa shape index (κ2) is 9.15. The molecule has 0 bridgehead atoms. The van der Waals surface area contributed by atoms with Crippen LogP contribution in [0.1, 0.15) is 27.4 Å². The number of nitrogens with zero attached hydrogens (tertiary/aromatic N) is 3. The van der Waals surface area contributed by atoms with Crippen molar-refractivity contribution in [3.8, 4) is 11.3 Å². The normalized spacial score (nSPS) is 11.0. The Kier molecular flexibility index (Phi) is 5.74. The number of aryl methyl sites for hydroxylation is 1. The Morgan fingerprint density at radius 1 is 0.912 bits per heavy atom. The van der Waals surface area contributed by atoms with E-state index in [-0.39, 0.29) is 18.0 Å². The lowest BCUT2D eigenvalue weighted by atomic mass is 10.1. The zero-order valence-electron chi connectivity index (χ0n) is 18.7. The average molecular weight is 450 g/mol. The van der Waals surface area contributed by atoms with Crippen LogP contribution in [0, 0.1) is 6.92 Å². The van der Waals surface area contributed by atoms with Gasteiger partial charge in [0.1, 0.15) is 11.5 Å².